The molecule has 1 unspecified atom stereocenters. The Morgan fingerprint density at radius 3 is 2.42 bits per heavy atom. The Hall–Kier alpha value is -3.71. The summed E-state index contributed by atoms with van der Waals surface area (Å²) in [4.78, 5) is 45.1. The predicted molar refractivity (Wildman–Crippen MR) is 148 cm³/mol. The van der Waals surface area contributed by atoms with Crippen molar-refractivity contribution in [1.29, 1.82) is 0 Å². The molecule has 0 aliphatic carbocycles. The smallest absolute Gasteiger partial charge is 0.336 e. The Labute approximate surface area is 225 Å². The minimum absolute atomic E-state index is 0.0674. The summed E-state index contributed by atoms with van der Waals surface area (Å²) in [7, 11) is 0. The van der Waals surface area contributed by atoms with Crippen molar-refractivity contribution in [1.82, 2.24) is 14.7 Å². The molecular formula is C31H37N3O4. The molecular weight excluding hydrogens is 478 g/mol. The van der Waals surface area contributed by atoms with Crippen LogP contribution in [0.3, 0.4) is 0 Å². The lowest BCUT2D eigenvalue weighted by Gasteiger charge is -2.37. The van der Waals surface area contributed by atoms with Crippen LogP contribution in [0.5, 0.6) is 0 Å². The van der Waals surface area contributed by atoms with Crippen LogP contribution in [0, 0.1) is 6.92 Å². The Morgan fingerprint density at radius 2 is 1.74 bits per heavy atom. The van der Waals surface area contributed by atoms with Gasteiger partial charge in [-0.3, -0.25) is 14.5 Å². The molecule has 1 fully saturated rings. The number of amides is 2. The van der Waals surface area contributed by atoms with E-state index in [2.05, 4.69) is 29.2 Å². The van der Waals surface area contributed by atoms with Crippen molar-refractivity contribution >= 4 is 23.9 Å². The van der Waals surface area contributed by atoms with Crippen LogP contribution in [-0.4, -0.2) is 78.4 Å². The molecule has 38 heavy (non-hydrogen) atoms. The topological polar surface area (TPSA) is 70.2 Å². The zero-order chi connectivity index (χ0) is 27.1. The zero-order valence-corrected chi connectivity index (χ0v) is 22.6. The van der Waals surface area contributed by atoms with Gasteiger partial charge in [0.05, 0.1) is 12.2 Å². The third kappa shape index (κ3) is 6.58. The van der Waals surface area contributed by atoms with Crippen LogP contribution in [0.25, 0.3) is 6.08 Å². The SMILES string of the molecule is CCOC(=O)C1=C(C)N(CC(=O)N2CCN(CC=Cc3ccccc3)CC2)C(=O)CC1c1cccc(C)c1. The summed E-state index contributed by atoms with van der Waals surface area (Å²) in [5.41, 5.74) is 4.10. The Balaban J connectivity index is 1.41. The molecule has 2 aliphatic heterocycles. The summed E-state index contributed by atoms with van der Waals surface area (Å²) >= 11 is 0. The van der Waals surface area contributed by atoms with Crippen LogP contribution < -0.4 is 0 Å². The van der Waals surface area contributed by atoms with Crippen LogP contribution >= 0.6 is 0 Å². The third-order valence-electron chi connectivity index (χ3n) is 7.25. The Kier molecular flexibility index (Phi) is 9.13. The maximum absolute atomic E-state index is 13.3. The number of carbonyl (C=O) groups is 3. The molecule has 0 N–H and O–H groups in total. The first-order chi connectivity index (χ1) is 18.4. The molecule has 0 saturated carbocycles. The number of rotatable bonds is 8. The van der Waals surface area contributed by atoms with E-state index >= 15 is 0 Å². The molecule has 7 heteroatoms. The molecule has 1 atom stereocenters. The predicted octanol–water partition coefficient (Wildman–Crippen LogP) is 4.01. The van der Waals surface area contributed by atoms with Crippen molar-refractivity contribution in [2.24, 2.45) is 0 Å². The average Bonchev–Trinajstić information content (AvgIpc) is 2.91. The summed E-state index contributed by atoms with van der Waals surface area (Å²) in [6.07, 6.45) is 4.39. The fraction of sp³-hybridized carbons (Fsp3) is 0.387. The fourth-order valence-electron chi connectivity index (χ4n) is 5.17. The van der Waals surface area contributed by atoms with Crippen molar-refractivity contribution in [2.45, 2.75) is 33.1 Å². The maximum Gasteiger partial charge on any atom is 0.336 e. The van der Waals surface area contributed by atoms with Gasteiger partial charge in [0.1, 0.15) is 6.54 Å². The van der Waals surface area contributed by atoms with Crippen LogP contribution in [0.4, 0.5) is 0 Å². The van der Waals surface area contributed by atoms with Gasteiger partial charge in [-0.2, -0.15) is 0 Å². The number of benzene rings is 2. The number of ether oxygens (including phenoxy) is 1. The minimum Gasteiger partial charge on any atom is -0.463 e. The first-order valence-electron chi connectivity index (χ1n) is 13.3. The van der Waals surface area contributed by atoms with Crippen molar-refractivity contribution in [3.8, 4) is 0 Å². The highest BCUT2D eigenvalue weighted by Crippen LogP contribution is 2.37. The van der Waals surface area contributed by atoms with Gasteiger partial charge in [0.25, 0.3) is 0 Å². The van der Waals surface area contributed by atoms with Gasteiger partial charge >= 0.3 is 5.97 Å². The molecule has 4 rings (SSSR count). The maximum atomic E-state index is 13.3. The van der Waals surface area contributed by atoms with Gasteiger partial charge < -0.3 is 14.5 Å². The highest BCUT2D eigenvalue weighted by Gasteiger charge is 2.38. The van der Waals surface area contributed by atoms with Gasteiger partial charge in [-0.1, -0.05) is 72.3 Å². The molecule has 0 spiro atoms. The normalized spacial score (nSPS) is 18.8. The minimum atomic E-state index is -0.432. The average molecular weight is 516 g/mol. The first-order valence-corrected chi connectivity index (χ1v) is 13.3. The van der Waals surface area contributed by atoms with E-state index in [4.69, 9.17) is 4.74 Å². The molecule has 2 aromatic rings. The lowest BCUT2D eigenvalue weighted by atomic mass is 9.83. The molecule has 0 bridgehead atoms. The lowest BCUT2D eigenvalue weighted by Crippen LogP contribution is -2.52. The highest BCUT2D eigenvalue weighted by molar-refractivity contribution is 5.97. The number of nitrogens with zero attached hydrogens (tertiary/aromatic N) is 3. The number of hydrogen-bond acceptors (Lipinski definition) is 5. The molecule has 2 aliphatic rings. The molecule has 0 aromatic heterocycles. The molecule has 1 saturated heterocycles. The summed E-state index contributed by atoms with van der Waals surface area (Å²) in [5, 5.41) is 0. The number of allylic oxidation sites excluding steroid dienone is 1. The van der Waals surface area contributed by atoms with E-state index in [1.807, 2.05) is 54.3 Å². The summed E-state index contributed by atoms with van der Waals surface area (Å²) in [6.45, 7) is 9.27. The van der Waals surface area contributed by atoms with E-state index in [0.717, 1.165) is 30.8 Å². The quantitative estimate of drug-likeness (QED) is 0.497. The van der Waals surface area contributed by atoms with Crippen LogP contribution in [-0.2, 0) is 19.1 Å². The van der Waals surface area contributed by atoms with Crippen LogP contribution in [0.1, 0.15) is 42.9 Å². The largest absolute Gasteiger partial charge is 0.463 e. The van der Waals surface area contributed by atoms with Crippen molar-refractivity contribution < 1.29 is 19.1 Å². The number of hydrogen-bond donors (Lipinski definition) is 0. The summed E-state index contributed by atoms with van der Waals surface area (Å²) in [6, 6.07) is 18.0. The molecule has 2 amide bonds. The molecule has 200 valence electrons. The molecule has 2 aromatic carbocycles. The van der Waals surface area contributed by atoms with Gasteiger partial charge in [-0.05, 0) is 31.9 Å². The zero-order valence-electron chi connectivity index (χ0n) is 22.6. The van der Waals surface area contributed by atoms with Crippen molar-refractivity contribution in [3.63, 3.8) is 0 Å². The van der Waals surface area contributed by atoms with Crippen molar-refractivity contribution in [3.05, 3.63) is 88.6 Å². The monoisotopic (exact) mass is 515 g/mol. The first kappa shape index (κ1) is 27.3. The van der Waals surface area contributed by atoms with E-state index in [-0.39, 0.29) is 37.3 Å². The number of piperazine rings is 1. The third-order valence-corrected chi connectivity index (χ3v) is 7.25. The fourth-order valence-corrected chi connectivity index (χ4v) is 5.17. The van der Waals surface area contributed by atoms with E-state index in [9.17, 15) is 14.4 Å². The lowest BCUT2D eigenvalue weighted by molar-refractivity contribution is -0.143. The van der Waals surface area contributed by atoms with Crippen LogP contribution in [0.2, 0.25) is 0 Å². The number of aryl methyl sites for hydroxylation is 1. The van der Waals surface area contributed by atoms with Gasteiger partial charge in [0.15, 0.2) is 0 Å². The van der Waals surface area contributed by atoms with E-state index in [0.29, 0.717) is 24.4 Å². The second-order valence-corrected chi connectivity index (χ2v) is 9.86. The standard InChI is InChI=1S/C31H37N3O4/c1-4-38-31(37)30-24(3)34(28(35)21-27(30)26-14-8-10-23(2)20-26)22-29(36)33-18-16-32(17-19-33)15-9-13-25-11-6-5-7-12-25/h5-14,20,27H,4,15-19,21-22H2,1-3H3. The van der Waals surface area contributed by atoms with E-state index in [1.165, 1.54) is 10.5 Å². The second kappa shape index (κ2) is 12.7. The van der Waals surface area contributed by atoms with Crippen molar-refractivity contribution in [2.75, 3.05) is 45.9 Å². The molecule has 7 nitrogen and oxygen atoms in total. The molecule has 2 heterocycles. The number of carbonyl (C=O) groups excluding carboxylic acids is 3. The summed E-state index contributed by atoms with van der Waals surface area (Å²) in [5.74, 6) is -1.08. The van der Waals surface area contributed by atoms with Gasteiger partial charge in [-0.25, -0.2) is 4.79 Å². The Morgan fingerprint density at radius 1 is 1.00 bits per heavy atom. The summed E-state index contributed by atoms with van der Waals surface area (Å²) < 4.78 is 5.37. The second-order valence-electron chi connectivity index (χ2n) is 9.86. The van der Waals surface area contributed by atoms with E-state index in [1.54, 1.807) is 13.8 Å². The van der Waals surface area contributed by atoms with Gasteiger partial charge in [-0.15, -0.1) is 0 Å². The Bertz CT molecular complexity index is 1210. The number of esters is 1. The van der Waals surface area contributed by atoms with Crippen LogP contribution in [0.15, 0.2) is 71.9 Å². The van der Waals surface area contributed by atoms with E-state index < -0.39 is 5.97 Å². The van der Waals surface area contributed by atoms with Gasteiger partial charge in [0.2, 0.25) is 11.8 Å². The van der Waals surface area contributed by atoms with Gasteiger partial charge in [0, 0.05) is 50.8 Å². The molecule has 0 radical (unpaired) electrons. The highest BCUT2D eigenvalue weighted by atomic mass is 16.5.